The largest absolute Gasteiger partial charge is 0.496 e. The summed E-state index contributed by atoms with van der Waals surface area (Å²) in [5.41, 5.74) is 1.45. The minimum atomic E-state index is -1.04. The molecule has 1 amide bonds. The molecule has 5 nitrogen and oxygen atoms in total. The van der Waals surface area contributed by atoms with Crippen LogP contribution in [-0.4, -0.2) is 24.1 Å². The van der Waals surface area contributed by atoms with E-state index in [1.165, 1.54) is 24.3 Å². The number of carbonyl (C=O) groups excluding carboxylic acids is 1. The van der Waals surface area contributed by atoms with Crippen molar-refractivity contribution in [1.29, 1.82) is 0 Å². The van der Waals surface area contributed by atoms with Gasteiger partial charge in [0.25, 0.3) is 0 Å². The zero-order valence-corrected chi connectivity index (χ0v) is 14.7. The van der Waals surface area contributed by atoms with E-state index < -0.39 is 17.8 Å². The van der Waals surface area contributed by atoms with Gasteiger partial charge in [0.05, 0.1) is 19.6 Å². The van der Waals surface area contributed by atoms with Crippen molar-refractivity contribution in [2.45, 2.75) is 31.7 Å². The highest BCUT2D eigenvalue weighted by Gasteiger charge is 2.21. The Morgan fingerprint density at radius 2 is 1.77 bits per heavy atom. The fourth-order valence-electron chi connectivity index (χ4n) is 2.84. The Kier molecular flexibility index (Phi) is 6.72. The number of hydrogen-bond donors (Lipinski definition) is 2. The zero-order valence-electron chi connectivity index (χ0n) is 14.7. The van der Waals surface area contributed by atoms with E-state index in [9.17, 15) is 14.0 Å². The van der Waals surface area contributed by atoms with Gasteiger partial charge in [0.2, 0.25) is 5.91 Å². The number of aliphatic carboxylic acids is 1. The lowest BCUT2D eigenvalue weighted by Gasteiger charge is -2.20. The summed E-state index contributed by atoms with van der Waals surface area (Å²) in [5, 5.41) is 11.8. The summed E-state index contributed by atoms with van der Waals surface area (Å²) in [4.78, 5) is 23.6. The SMILES string of the molecule is COc1ccccc1C(C)CC(=O)NC(CC(=O)O)c1ccc(F)cc1. The minimum absolute atomic E-state index is 0.107. The van der Waals surface area contributed by atoms with Crippen LogP contribution < -0.4 is 10.1 Å². The molecule has 0 bridgehead atoms. The first-order chi connectivity index (χ1) is 12.4. The van der Waals surface area contributed by atoms with Crippen molar-refractivity contribution < 1.29 is 23.8 Å². The Morgan fingerprint density at radius 1 is 1.12 bits per heavy atom. The summed E-state index contributed by atoms with van der Waals surface area (Å²) in [6.07, 6.45) is -0.0991. The molecule has 0 radical (unpaired) electrons. The van der Waals surface area contributed by atoms with Gasteiger partial charge in [-0.2, -0.15) is 0 Å². The van der Waals surface area contributed by atoms with Gasteiger partial charge in [-0.3, -0.25) is 9.59 Å². The second-order valence-electron chi connectivity index (χ2n) is 6.12. The molecule has 0 aromatic heterocycles. The van der Waals surface area contributed by atoms with E-state index in [2.05, 4.69) is 5.32 Å². The van der Waals surface area contributed by atoms with E-state index in [1.54, 1.807) is 7.11 Å². The highest BCUT2D eigenvalue weighted by molar-refractivity contribution is 5.78. The number of carboxylic acid groups (broad SMARTS) is 1. The summed E-state index contributed by atoms with van der Waals surface area (Å²) in [5.74, 6) is -1.14. The fraction of sp³-hybridized carbons (Fsp3) is 0.300. The topological polar surface area (TPSA) is 75.6 Å². The number of rotatable bonds is 8. The summed E-state index contributed by atoms with van der Waals surface area (Å²) in [6.45, 7) is 1.90. The Morgan fingerprint density at radius 3 is 2.38 bits per heavy atom. The summed E-state index contributed by atoms with van der Waals surface area (Å²) in [7, 11) is 1.57. The monoisotopic (exact) mass is 359 g/mol. The van der Waals surface area contributed by atoms with Gasteiger partial charge in [0, 0.05) is 6.42 Å². The molecule has 0 spiro atoms. The normalized spacial score (nSPS) is 12.9. The minimum Gasteiger partial charge on any atom is -0.496 e. The number of nitrogens with one attached hydrogen (secondary N) is 1. The van der Waals surface area contributed by atoms with E-state index in [1.807, 2.05) is 31.2 Å². The number of halogens is 1. The van der Waals surface area contributed by atoms with Crippen LogP contribution in [0.5, 0.6) is 5.75 Å². The first-order valence-electron chi connectivity index (χ1n) is 8.30. The molecule has 26 heavy (non-hydrogen) atoms. The summed E-state index contributed by atoms with van der Waals surface area (Å²) in [6, 6.07) is 12.2. The van der Waals surface area contributed by atoms with Crippen LogP contribution in [0.1, 0.15) is 42.9 Å². The quantitative estimate of drug-likeness (QED) is 0.754. The van der Waals surface area contributed by atoms with Crippen LogP contribution in [0.3, 0.4) is 0 Å². The van der Waals surface area contributed by atoms with Gasteiger partial charge in [-0.05, 0) is 35.2 Å². The van der Waals surface area contributed by atoms with Crippen molar-refractivity contribution in [3.05, 3.63) is 65.5 Å². The van der Waals surface area contributed by atoms with E-state index in [4.69, 9.17) is 9.84 Å². The Labute approximate surface area is 151 Å². The van der Waals surface area contributed by atoms with E-state index in [0.717, 1.165) is 5.56 Å². The molecule has 0 heterocycles. The standard InChI is InChI=1S/C20H22FNO4/c1-13(16-5-3-4-6-18(16)26-2)11-19(23)22-17(12-20(24)25)14-7-9-15(21)10-8-14/h3-10,13,17H,11-12H2,1-2H3,(H,22,23)(H,24,25). The number of methoxy groups -OCH3 is 1. The molecular formula is C20H22FNO4. The van der Waals surface area contributed by atoms with Crippen LogP contribution in [0.25, 0.3) is 0 Å². The highest BCUT2D eigenvalue weighted by Crippen LogP contribution is 2.28. The van der Waals surface area contributed by atoms with E-state index in [-0.39, 0.29) is 24.7 Å². The van der Waals surface area contributed by atoms with E-state index in [0.29, 0.717) is 11.3 Å². The molecule has 0 fully saturated rings. The average Bonchev–Trinajstić information content (AvgIpc) is 2.61. The third kappa shape index (κ3) is 5.31. The number of amides is 1. The molecule has 0 saturated heterocycles. The maximum absolute atomic E-state index is 13.1. The van der Waals surface area contributed by atoms with Gasteiger partial charge < -0.3 is 15.2 Å². The lowest BCUT2D eigenvalue weighted by molar-refractivity contribution is -0.137. The van der Waals surface area contributed by atoms with Crippen LogP contribution in [-0.2, 0) is 9.59 Å². The number of carboxylic acids is 1. The molecule has 2 rings (SSSR count). The second kappa shape index (κ2) is 8.99. The molecule has 6 heteroatoms. The van der Waals surface area contributed by atoms with Crippen molar-refractivity contribution in [3.8, 4) is 5.75 Å². The number of ether oxygens (including phenoxy) is 1. The molecular weight excluding hydrogens is 337 g/mol. The number of carbonyl (C=O) groups is 2. The molecule has 2 atom stereocenters. The molecule has 138 valence electrons. The van der Waals surface area contributed by atoms with Crippen LogP contribution in [0.4, 0.5) is 4.39 Å². The maximum Gasteiger partial charge on any atom is 0.305 e. The van der Waals surface area contributed by atoms with Gasteiger partial charge in [0.1, 0.15) is 11.6 Å². The molecule has 2 aromatic carbocycles. The number of para-hydroxylation sites is 1. The predicted octanol–water partition coefficient (Wildman–Crippen LogP) is 3.66. The smallest absolute Gasteiger partial charge is 0.305 e. The Bertz CT molecular complexity index is 761. The Hall–Kier alpha value is -2.89. The average molecular weight is 359 g/mol. The van der Waals surface area contributed by atoms with Gasteiger partial charge in [-0.15, -0.1) is 0 Å². The van der Waals surface area contributed by atoms with Crippen LogP contribution >= 0.6 is 0 Å². The highest BCUT2D eigenvalue weighted by atomic mass is 19.1. The van der Waals surface area contributed by atoms with Crippen molar-refractivity contribution in [2.75, 3.05) is 7.11 Å². The Balaban J connectivity index is 2.09. The first kappa shape index (κ1) is 19.4. The van der Waals surface area contributed by atoms with Gasteiger partial charge in [0.15, 0.2) is 0 Å². The van der Waals surface area contributed by atoms with Crippen molar-refractivity contribution in [1.82, 2.24) is 5.32 Å². The lowest BCUT2D eigenvalue weighted by atomic mass is 9.95. The molecule has 0 saturated carbocycles. The maximum atomic E-state index is 13.1. The van der Waals surface area contributed by atoms with Crippen molar-refractivity contribution in [3.63, 3.8) is 0 Å². The van der Waals surface area contributed by atoms with Gasteiger partial charge in [-0.25, -0.2) is 4.39 Å². The van der Waals surface area contributed by atoms with E-state index >= 15 is 0 Å². The molecule has 0 aliphatic heterocycles. The van der Waals surface area contributed by atoms with Gasteiger partial charge in [-0.1, -0.05) is 37.3 Å². The first-order valence-corrected chi connectivity index (χ1v) is 8.30. The molecule has 0 aliphatic rings. The molecule has 2 unspecified atom stereocenters. The molecule has 0 aliphatic carbocycles. The summed E-state index contributed by atoms with van der Waals surface area (Å²) < 4.78 is 18.4. The molecule has 2 N–H and O–H groups in total. The van der Waals surface area contributed by atoms with Crippen LogP contribution in [0, 0.1) is 5.82 Å². The number of benzene rings is 2. The predicted molar refractivity (Wildman–Crippen MR) is 95.6 cm³/mol. The van der Waals surface area contributed by atoms with Crippen molar-refractivity contribution in [2.24, 2.45) is 0 Å². The van der Waals surface area contributed by atoms with Crippen LogP contribution in [0.2, 0.25) is 0 Å². The van der Waals surface area contributed by atoms with Gasteiger partial charge >= 0.3 is 5.97 Å². The summed E-state index contributed by atoms with van der Waals surface area (Å²) >= 11 is 0. The molecule has 2 aromatic rings. The number of hydrogen-bond acceptors (Lipinski definition) is 3. The second-order valence-corrected chi connectivity index (χ2v) is 6.12. The van der Waals surface area contributed by atoms with Crippen molar-refractivity contribution >= 4 is 11.9 Å². The van der Waals surface area contributed by atoms with Crippen LogP contribution in [0.15, 0.2) is 48.5 Å². The lowest BCUT2D eigenvalue weighted by Crippen LogP contribution is -2.31. The third-order valence-corrected chi connectivity index (χ3v) is 4.15. The zero-order chi connectivity index (χ0) is 19.1. The fourth-order valence-corrected chi connectivity index (χ4v) is 2.84. The third-order valence-electron chi connectivity index (χ3n) is 4.15.